The molecule has 0 spiro atoms. The molecule has 4 heterocycles. The molecule has 196 valence electrons. The number of hydrogen-bond acceptors (Lipinski definition) is 6. The van der Waals surface area contributed by atoms with Crippen LogP contribution in [0.1, 0.15) is 45.8 Å². The molecule has 1 amide bonds. The maximum absolute atomic E-state index is 14.2. The largest absolute Gasteiger partial charge is 0.344 e. The normalized spacial score (nSPS) is 11.8. The molecule has 0 saturated heterocycles. The molecule has 0 bridgehead atoms. The Morgan fingerprint density at radius 1 is 1.07 bits per heavy atom. The van der Waals surface area contributed by atoms with Gasteiger partial charge in [0.05, 0.1) is 41.3 Å². The van der Waals surface area contributed by atoms with Crippen LogP contribution >= 0.6 is 0 Å². The highest BCUT2D eigenvalue weighted by Gasteiger charge is 2.23. The fraction of sp³-hybridized carbons (Fsp3) is 0.133. The lowest BCUT2D eigenvalue weighted by atomic mass is 10.0. The Hall–Kier alpha value is -5.56. The number of pyridine rings is 1. The number of hydrogen-bond donors (Lipinski definition) is 1. The van der Waals surface area contributed by atoms with Crippen LogP contribution in [0.25, 0.3) is 22.1 Å². The predicted molar refractivity (Wildman–Crippen MR) is 150 cm³/mol. The Morgan fingerprint density at radius 3 is 2.67 bits per heavy atom. The van der Waals surface area contributed by atoms with Crippen molar-refractivity contribution in [3.8, 4) is 17.5 Å². The molecule has 0 aliphatic heterocycles. The molecule has 0 saturated carbocycles. The number of nitrogens with one attached hydrogen (secondary N) is 1. The van der Waals surface area contributed by atoms with Crippen LogP contribution in [0.4, 0.5) is 0 Å². The van der Waals surface area contributed by atoms with E-state index in [4.69, 9.17) is 0 Å². The Bertz CT molecular complexity index is 2030. The molecule has 6 rings (SSSR count). The van der Waals surface area contributed by atoms with Gasteiger partial charge in [0.25, 0.3) is 11.5 Å². The van der Waals surface area contributed by atoms with Gasteiger partial charge in [0.1, 0.15) is 5.56 Å². The smallest absolute Gasteiger partial charge is 0.264 e. The van der Waals surface area contributed by atoms with E-state index in [0.717, 1.165) is 10.9 Å². The monoisotopic (exact) mass is 528 g/mol. The third-order valence-corrected chi connectivity index (χ3v) is 6.64. The minimum absolute atomic E-state index is 0.228. The van der Waals surface area contributed by atoms with E-state index in [1.54, 1.807) is 28.6 Å². The van der Waals surface area contributed by atoms with Crippen LogP contribution in [0.5, 0.6) is 0 Å². The summed E-state index contributed by atoms with van der Waals surface area (Å²) >= 11 is 0. The van der Waals surface area contributed by atoms with E-state index in [0.29, 0.717) is 39.2 Å². The summed E-state index contributed by atoms with van der Waals surface area (Å²) in [7, 11) is 1.83. The van der Waals surface area contributed by atoms with Gasteiger partial charge in [0.2, 0.25) is 0 Å². The van der Waals surface area contributed by atoms with Crippen LogP contribution in [-0.2, 0) is 7.05 Å². The van der Waals surface area contributed by atoms with E-state index < -0.39 is 6.04 Å². The zero-order valence-corrected chi connectivity index (χ0v) is 22.0. The molecule has 1 N–H and O–H groups in total. The van der Waals surface area contributed by atoms with Gasteiger partial charge in [-0.25, -0.2) is 4.52 Å². The number of fused-ring (bicyclic) bond motifs is 2. The van der Waals surface area contributed by atoms with Crippen LogP contribution in [0, 0.1) is 18.8 Å². The molecule has 6 aromatic rings. The average Bonchev–Trinajstić information content (AvgIpc) is 3.53. The first-order valence-electron chi connectivity index (χ1n) is 12.6. The molecular formula is C30H24N8O2. The summed E-state index contributed by atoms with van der Waals surface area (Å²) < 4.78 is 4.83. The number of amides is 1. The molecule has 0 aliphatic rings. The number of aromatic nitrogens is 7. The van der Waals surface area contributed by atoms with Gasteiger partial charge < -0.3 is 5.32 Å². The number of rotatable bonds is 4. The zero-order valence-electron chi connectivity index (χ0n) is 22.0. The van der Waals surface area contributed by atoms with Crippen molar-refractivity contribution in [2.45, 2.75) is 19.9 Å². The van der Waals surface area contributed by atoms with Crippen LogP contribution in [0.15, 0.2) is 84.2 Å². The standard InChI is InChI=1S/C30H24N8O2/c1-19(33-29(39)26-20(2)35-37-15-14-31-34-28(26)37)25-16-23-9-7-8-22(13-12-21-17-32-36(3)18-21)27(23)30(40)38(25)24-10-5-4-6-11-24/h4-11,14-19H,1-3H3,(H,33,39)/t19-/m0/s1. The van der Waals surface area contributed by atoms with Crippen molar-refractivity contribution in [1.29, 1.82) is 0 Å². The molecule has 40 heavy (non-hydrogen) atoms. The SMILES string of the molecule is Cc1nn2ccnnc2c1C(=O)N[C@@H](C)c1cc2cccc(C#Cc3cnn(C)c3)c2c(=O)n1-c1ccccc1. The quantitative estimate of drug-likeness (QED) is 0.351. The molecule has 0 radical (unpaired) electrons. The van der Waals surface area contributed by atoms with Gasteiger partial charge in [-0.05, 0) is 43.5 Å². The second kappa shape index (κ2) is 9.96. The average molecular weight is 529 g/mol. The lowest BCUT2D eigenvalue weighted by molar-refractivity contribution is 0.0939. The minimum Gasteiger partial charge on any atom is -0.344 e. The Morgan fingerprint density at radius 2 is 1.90 bits per heavy atom. The van der Waals surface area contributed by atoms with E-state index in [-0.39, 0.29) is 11.5 Å². The molecular weight excluding hydrogens is 504 g/mol. The Kier molecular flexibility index (Phi) is 6.16. The zero-order chi connectivity index (χ0) is 27.8. The first kappa shape index (κ1) is 24.8. The summed E-state index contributed by atoms with van der Waals surface area (Å²) in [6.45, 7) is 3.59. The van der Waals surface area contributed by atoms with E-state index in [1.165, 1.54) is 10.7 Å². The fourth-order valence-corrected chi connectivity index (χ4v) is 4.80. The highest BCUT2D eigenvalue weighted by atomic mass is 16.2. The molecule has 0 fully saturated rings. The summed E-state index contributed by atoms with van der Waals surface area (Å²) in [5.41, 5.74) is 3.66. The molecule has 4 aromatic heterocycles. The van der Waals surface area contributed by atoms with E-state index in [9.17, 15) is 9.59 Å². The topological polar surface area (TPSA) is 112 Å². The predicted octanol–water partition coefficient (Wildman–Crippen LogP) is 3.36. The number of para-hydroxylation sites is 1. The summed E-state index contributed by atoms with van der Waals surface area (Å²) in [4.78, 5) is 27.6. The van der Waals surface area contributed by atoms with Crippen molar-refractivity contribution in [1.82, 2.24) is 39.5 Å². The van der Waals surface area contributed by atoms with Crippen molar-refractivity contribution in [2.24, 2.45) is 7.05 Å². The highest BCUT2D eigenvalue weighted by Crippen LogP contribution is 2.24. The Labute approximate surface area is 228 Å². The fourth-order valence-electron chi connectivity index (χ4n) is 4.80. The van der Waals surface area contributed by atoms with Gasteiger partial charge in [-0.3, -0.25) is 18.8 Å². The van der Waals surface area contributed by atoms with Crippen LogP contribution in [0.3, 0.4) is 0 Å². The second-order valence-electron chi connectivity index (χ2n) is 9.41. The van der Waals surface area contributed by atoms with E-state index in [1.807, 2.05) is 74.8 Å². The summed E-state index contributed by atoms with van der Waals surface area (Å²) in [5, 5.41) is 20.8. The first-order chi connectivity index (χ1) is 19.4. The van der Waals surface area contributed by atoms with Gasteiger partial charge in [-0.2, -0.15) is 15.3 Å². The first-order valence-corrected chi connectivity index (χ1v) is 12.6. The molecule has 0 unspecified atom stereocenters. The summed E-state index contributed by atoms with van der Waals surface area (Å²) in [6, 6.07) is 16.3. The van der Waals surface area contributed by atoms with E-state index in [2.05, 4.69) is 37.6 Å². The number of carbonyl (C=O) groups excluding carboxylic acids is 1. The number of benzene rings is 2. The molecule has 2 aromatic carbocycles. The number of aryl methyl sites for hydroxylation is 2. The maximum Gasteiger partial charge on any atom is 0.264 e. The molecule has 10 nitrogen and oxygen atoms in total. The summed E-state index contributed by atoms with van der Waals surface area (Å²) in [6.07, 6.45) is 6.65. The van der Waals surface area contributed by atoms with Gasteiger partial charge in [0.15, 0.2) is 5.65 Å². The van der Waals surface area contributed by atoms with Gasteiger partial charge in [-0.15, -0.1) is 5.10 Å². The van der Waals surface area contributed by atoms with Gasteiger partial charge in [0, 0.05) is 30.2 Å². The summed E-state index contributed by atoms with van der Waals surface area (Å²) in [5.74, 6) is 5.90. The van der Waals surface area contributed by atoms with Crippen molar-refractivity contribution in [3.63, 3.8) is 0 Å². The van der Waals surface area contributed by atoms with Crippen LogP contribution in [0.2, 0.25) is 0 Å². The third kappa shape index (κ3) is 4.39. The third-order valence-electron chi connectivity index (χ3n) is 6.64. The maximum atomic E-state index is 14.2. The van der Waals surface area contributed by atoms with Crippen LogP contribution < -0.4 is 10.9 Å². The van der Waals surface area contributed by atoms with Crippen molar-refractivity contribution in [2.75, 3.05) is 0 Å². The van der Waals surface area contributed by atoms with Gasteiger partial charge in [-0.1, -0.05) is 42.2 Å². The number of carbonyl (C=O) groups is 1. The minimum atomic E-state index is -0.541. The highest BCUT2D eigenvalue weighted by molar-refractivity contribution is 6.01. The molecule has 10 heteroatoms. The van der Waals surface area contributed by atoms with Gasteiger partial charge >= 0.3 is 0 Å². The molecule has 0 aliphatic carbocycles. The lowest BCUT2D eigenvalue weighted by Gasteiger charge is -2.21. The molecule has 1 atom stereocenters. The van der Waals surface area contributed by atoms with Crippen LogP contribution in [-0.4, -0.2) is 40.1 Å². The van der Waals surface area contributed by atoms with Crippen molar-refractivity contribution < 1.29 is 4.79 Å². The van der Waals surface area contributed by atoms with E-state index >= 15 is 0 Å². The number of nitrogens with zero attached hydrogens (tertiary/aromatic N) is 7. The second-order valence-corrected chi connectivity index (χ2v) is 9.41. The lowest BCUT2D eigenvalue weighted by Crippen LogP contribution is -2.32. The Balaban J connectivity index is 1.48. The van der Waals surface area contributed by atoms with Crippen molar-refractivity contribution in [3.05, 3.63) is 118 Å². The van der Waals surface area contributed by atoms with Crippen molar-refractivity contribution >= 4 is 22.3 Å².